The summed E-state index contributed by atoms with van der Waals surface area (Å²) in [6, 6.07) is 0.690. The Hall–Kier alpha value is -0.420. The van der Waals surface area contributed by atoms with Crippen molar-refractivity contribution in [2.75, 3.05) is 34.9 Å². The molecule has 96 valence electrons. The van der Waals surface area contributed by atoms with Crippen molar-refractivity contribution in [3.63, 3.8) is 0 Å². The standard InChI is InChI=1S/C7H15N2.C2H7O4P/c1-6-5-8(3)7(2)9(6)4;1-5-7(3,4)6-2/h6H,5H2,1-4H3;1-2H3,(H,3,4)/q+1;/p-1. The lowest BCUT2D eigenvalue weighted by atomic mass is 10.3. The average molecular weight is 252 g/mol. The van der Waals surface area contributed by atoms with Gasteiger partial charge in [0.25, 0.3) is 7.82 Å². The SMILES string of the molecule is CC1=[N+](C)C(C)CN1C.COP(=O)([O-])OC. The number of hydrogen-bond acceptors (Lipinski definition) is 5. The van der Waals surface area contributed by atoms with Crippen LogP contribution in [0.3, 0.4) is 0 Å². The first kappa shape index (κ1) is 15.6. The van der Waals surface area contributed by atoms with Gasteiger partial charge in [-0.2, -0.15) is 0 Å². The molecule has 0 N–H and O–H groups in total. The Labute approximate surface area is 97.1 Å². The highest BCUT2D eigenvalue weighted by Crippen LogP contribution is 2.34. The summed E-state index contributed by atoms with van der Waals surface area (Å²) < 4.78 is 20.0. The van der Waals surface area contributed by atoms with Crippen LogP contribution in [0.1, 0.15) is 13.8 Å². The van der Waals surface area contributed by atoms with E-state index in [1.54, 1.807) is 0 Å². The van der Waals surface area contributed by atoms with E-state index in [0.717, 1.165) is 14.2 Å². The molecule has 6 nitrogen and oxygen atoms in total. The maximum absolute atomic E-state index is 9.95. The lowest BCUT2D eigenvalue weighted by molar-refractivity contribution is -0.523. The van der Waals surface area contributed by atoms with Crippen LogP contribution in [0.2, 0.25) is 0 Å². The topological polar surface area (TPSA) is 64.8 Å². The van der Waals surface area contributed by atoms with Gasteiger partial charge < -0.3 is 13.9 Å². The molecular formula is C9H21N2O4P. The molecule has 1 aliphatic heterocycles. The number of hydrogen-bond donors (Lipinski definition) is 0. The van der Waals surface area contributed by atoms with E-state index in [0.29, 0.717) is 6.04 Å². The van der Waals surface area contributed by atoms with Crippen molar-refractivity contribution in [3.05, 3.63) is 0 Å². The maximum Gasteiger partial charge on any atom is 0.267 e. The molecule has 0 spiro atoms. The molecular weight excluding hydrogens is 231 g/mol. The van der Waals surface area contributed by atoms with E-state index >= 15 is 0 Å². The number of nitrogens with zero attached hydrogens (tertiary/aromatic N) is 2. The van der Waals surface area contributed by atoms with Gasteiger partial charge in [-0.3, -0.25) is 14.0 Å². The van der Waals surface area contributed by atoms with E-state index in [1.807, 2.05) is 0 Å². The molecule has 1 atom stereocenters. The van der Waals surface area contributed by atoms with E-state index < -0.39 is 7.82 Å². The van der Waals surface area contributed by atoms with Crippen LogP contribution in [0.15, 0.2) is 0 Å². The predicted molar refractivity (Wildman–Crippen MR) is 60.6 cm³/mol. The van der Waals surface area contributed by atoms with Crippen LogP contribution < -0.4 is 4.89 Å². The quantitative estimate of drug-likeness (QED) is 0.516. The average Bonchev–Trinajstić information content (AvgIpc) is 2.47. The molecule has 16 heavy (non-hydrogen) atoms. The highest BCUT2D eigenvalue weighted by atomic mass is 31.2. The fraction of sp³-hybridized carbons (Fsp3) is 0.889. The van der Waals surface area contributed by atoms with Gasteiger partial charge >= 0.3 is 0 Å². The minimum atomic E-state index is -3.90. The van der Waals surface area contributed by atoms with Crippen molar-refractivity contribution < 1.29 is 23.1 Å². The van der Waals surface area contributed by atoms with Gasteiger partial charge in [-0.05, 0) is 6.92 Å². The van der Waals surface area contributed by atoms with Crippen LogP contribution in [0.25, 0.3) is 0 Å². The summed E-state index contributed by atoms with van der Waals surface area (Å²) in [7, 11) is 2.45. The molecule has 0 fully saturated rings. The highest BCUT2D eigenvalue weighted by molar-refractivity contribution is 7.45. The van der Waals surface area contributed by atoms with Gasteiger partial charge in [-0.15, -0.1) is 0 Å². The smallest absolute Gasteiger partial charge is 0.267 e. The fourth-order valence-electron chi connectivity index (χ4n) is 1.31. The van der Waals surface area contributed by atoms with Crippen LogP contribution in [0.5, 0.6) is 0 Å². The van der Waals surface area contributed by atoms with E-state index in [1.165, 1.54) is 12.4 Å². The van der Waals surface area contributed by atoms with E-state index in [9.17, 15) is 9.46 Å². The summed E-state index contributed by atoms with van der Waals surface area (Å²) in [5, 5.41) is 0. The molecule has 0 saturated carbocycles. The molecule has 0 aromatic rings. The van der Waals surface area contributed by atoms with Crippen LogP contribution in [0, 0.1) is 0 Å². The maximum atomic E-state index is 9.95. The largest absolute Gasteiger partial charge is 0.756 e. The molecule has 0 amide bonds. The minimum Gasteiger partial charge on any atom is -0.756 e. The first-order valence-electron chi connectivity index (χ1n) is 4.95. The van der Waals surface area contributed by atoms with Gasteiger partial charge in [0.05, 0.1) is 14.1 Å². The molecule has 0 saturated heterocycles. The third-order valence-corrected chi connectivity index (χ3v) is 3.60. The predicted octanol–water partition coefficient (Wildman–Crippen LogP) is 0.129. The molecule has 1 unspecified atom stereocenters. The van der Waals surface area contributed by atoms with Gasteiger partial charge in [-0.1, -0.05) is 0 Å². The molecule has 0 aromatic carbocycles. The molecule has 7 heteroatoms. The van der Waals surface area contributed by atoms with Crippen LogP contribution >= 0.6 is 7.82 Å². The van der Waals surface area contributed by atoms with E-state index in [-0.39, 0.29) is 0 Å². The van der Waals surface area contributed by atoms with Crippen LogP contribution in [0.4, 0.5) is 0 Å². The molecule has 1 heterocycles. The number of likely N-dealkylation sites (N-methyl/N-ethyl adjacent to an activating group) is 2. The zero-order valence-electron chi connectivity index (χ0n) is 10.8. The first-order valence-corrected chi connectivity index (χ1v) is 6.41. The zero-order valence-corrected chi connectivity index (χ0v) is 11.7. The zero-order chi connectivity index (χ0) is 12.9. The summed E-state index contributed by atoms with van der Waals surface area (Å²) in [5.74, 6) is 1.38. The molecule has 0 aromatic heterocycles. The van der Waals surface area contributed by atoms with Crippen LogP contribution in [-0.2, 0) is 13.6 Å². The summed E-state index contributed by atoms with van der Waals surface area (Å²) in [4.78, 5) is 12.2. The lowest BCUT2D eigenvalue weighted by Crippen LogP contribution is -2.21. The first-order chi connectivity index (χ1) is 7.25. The highest BCUT2D eigenvalue weighted by Gasteiger charge is 2.26. The molecule has 0 aliphatic carbocycles. The summed E-state index contributed by atoms with van der Waals surface area (Å²) in [6.45, 7) is 5.57. The van der Waals surface area contributed by atoms with Crippen molar-refractivity contribution >= 4 is 13.7 Å². The molecule has 1 aliphatic rings. The Morgan fingerprint density at radius 2 is 1.94 bits per heavy atom. The Balaban J connectivity index is 0.000000293. The van der Waals surface area contributed by atoms with E-state index in [2.05, 4.69) is 46.5 Å². The molecule has 0 radical (unpaired) electrons. The van der Waals surface area contributed by atoms with Crippen molar-refractivity contribution in [1.82, 2.24) is 4.90 Å². The third kappa shape index (κ3) is 4.61. The summed E-state index contributed by atoms with van der Waals surface area (Å²) in [6.07, 6.45) is 0. The van der Waals surface area contributed by atoms with Crippen molar-refractivity contribution in [3.8, 4) is 0 Å². The number of rotatable bonds is 2. The monoisotopic (exact) mass is 252 g/mol. The second-order valence-electron chi connectivity index (χ2n) is 3.70. The Morgan fingerprint density at radius 1 is 1.50 bits per heavy atom. The Morgan fingerprint density at radius 3 is 2.00 bits per heavy atom. The van der Waals surface area contributed by atoms with Gasteiger partial charge in [-0.25, -0.2) is 0 Å². The third-order valence-electron chi connectivity index (χ3n) is 2.71. The lowest BCUT2D eigenvalue weighted by Gasteiger charge is -2.16. The van der Waals surface area contributed by atoms with Gasteiger partial charge in [0, 0.05) is 21.1 Å². The minimum absolute atomic E-state index is 0.690. The number of phosphoric ester groups is 1. The van der Waals surface area contributed by atoms with Gasteiger partial charge in [0.15, 0.2) is 0 Å². The fourth-order valence-corrected chi connectivity index (χ4v) is 1.46. The van der Waals surface area contributed by atoms with Crippen molar-refractivity contribution in [2.24, 2.45) is 0 Å². The summed E-state index contributed by atoms with van der Waals surface area (Å²) >= 11 is 0. The molecule has 0 bridgehead atoms. The van der Waals surface area contributed by atoms with Gasteiger partial charge in [0.2, 0.25) is 5.84 Å². The van der Waals surface area contributed by atoms with E-state index in [4.69, 9.17) is 0 Å². The normalized spacial score (nSPS) is 20.9. The number of amidine groups is 1. The van der Waals surface area contributed by atoms with Crippen molar-refractivity contribution in [2.45, 2.75) is 19.9 Å². The second kappa shape index (κ2) is 6.35. The Kier molecular flexibility index (Phi) is 6.18. The molecule has 1 rings (SSSR count). The Bertz CT molecular complexity index is 282. The summed E-state index contributed by atoms with van der Waals surface area (Å²) in [5.41, 5.74) is 0. The number of phosphoric acid groups is 1. The van der Waals surface area contributed by atoms with Crippen molar-refractivity contribution in [1.29, 1.82) is 0 Å². The van der Waals surface area contributed by atoms with Crippen LogP contribution in [-0.4, -0.2) is 56.2 Å². The van der Waals surface area contributed by atoms with Gasteiger partial charge in [0.1, 0.15) is 12.6 Å². The second-order valence-corrected chi connectivity index (χ2v) is 5.32.